The van der Waals surface area contributed by atoms with Crippen molar-refractivity contribution in [3.8, 4) is 0 Å². The average Bonchev–Trinajstić information content (AvgIpc) is 3.74. The van der Waals surface area contributed by atoms with Crippen molar-refractivity contribution in [2.24, 2.45) is 0 Å². The average molecular weight is 1320 g/mol. The Morgan fingerprint density at radius 2 is 0.290 bits per heavy atom. The molecule has 0 atom stereocenters. The van der Waals surface area contributed by atoms with Crippen LogP contribution in [0.15, 0.2) is 0 Å². The highest BCUT2D eigenvalue weighted by Gasteiger charge is 2.21. The molecule has 0 heterocycles. The second-order valence-corrected chi connectivity index (χ2v) is 27.5. The highest BCUT2D eigenvalue weighted by molar-refractivity contribution is 5.72. The summed E-state index contributed by atoms with van der Waals surface area (Å²) in [5, 5.41) is 0. The van der Waals surface area contributed by atoms with Gasteiger partial charge in [0.15, 0.2) is 12.2 Å². The maximum Gasteiger partial charge on any atom is 0.306 e. The molecular weight excluding hydrogens is 1160 g/mol. The predicted molar refractivity (Wildman–Crippen MR) is 389 cm³/mol. The van der Waals surface area contributed by atoms with E-state index >= 15 is 0 Å². The third-order valence-electron chi connectivity index (χ3n) is 18.0. The van der Waals surface area contributed by atoms with Crippen molar-refractivity contribution in [1.29, 1.82) is 0 Å². The van der Waals surface area contributed by atoms with Gasteiger partial charge in [-0.25, -0.2) is 0 Å². The molecule has 0 aromatic rings. The highest BCUT2D eigenvalue weighted by atomic mass is 16.6. The van der Waals surface area contributed by atoms with Crippen LogP contribution in [0.3, 0.4) is 0 Å². The lowest BCUT2D eigenvalue weighted by molar-refractivity contribution is -0.167. The second-order valence-electron chi connectivity index (χ2n) is 27.5. The first kappa shape index (κ1) is 91.9. The zero-order chi connectivity index (χ0) is 68.2. The molecule has 0 unspecified atom stereocenters. The van der Waals surface area contributed by atoms with Crippen LogP contribution in [-0.4, -0.2) is 74.5 Å². The van der Waals surface area contributed by atoms with Crippen LogP contribution >= 0.6 is 0 Å². The first-order valence-corrected chi connectivity index (χ1v) is 40.6. The number of ether oxygens (including phenoxy) is 6. The van der Waals surface area contributed by atoms with Crippen LogP contribution in [0.4, 0.5) is 0 Å². The summed E-state index contributed by atoms with van der Waals surface area (Å²) in [7, 11) is 0. The van der Waals surface area contributed by atoms with E-state index < -0.39 is 12.2 Å². The highest BCUT2D eigenvalue weighted by Crippen LogP contribution is 2.19. The van der Waals surface area contributed by atoms with E-state index in [1.165, 1.54) is 250 Å². The SMILES string of the molecule is CCCCCCCCCCCC(=O)OCC(COC(=O)CCCCCCCCCCC)OC(=O)CCCCCCCCCCC.CCCCCCCCCCCCC(=O)OCC(COC(=O)CCCCCCCCCCCC)OC(=O)CCCCCCCCCCCC. The molecule has 0 fully saturated rings. The fraction of sp³-hybridized carbons (Fsp3) is 0.926. The minimum Gasteiger partial charge on any atom is -0.462 e. The lowest BCUT2D eigenvalue weighted by Crippen LogP contribution is -2.30. The molecule has 0 aliphatic carbocycles. The summed E-state index contributed by atoms with van der Waals surface area (Å²) < 4.78 is 33.2. The third kappa shape index (κ3) is 76.1. The number of unbranched alkanes of at least 4 members (excludes halogenated alkanes) is 51. The van der Waals surface area contributed by atoms with Crippen LogP contribution in [0.25, 0.3) is 0 Å². The first-order chi connectivity index (χ1) is 45.6. The molecule has 0 rings (SSSR count). The van der Waals surface area contributed by atoms with Crippen molar-refractivity contribution in [1.82, 2.24) is 0 Å². The summed E-state index contributed by atoms with van der Waals surface area (Å²) in [4.78, 5) is 74.7. The van der Waals surface area contributed by atoms with Gasteiger partial charge >= 0.3 is 35.8 Å². The van der Waals surface area contributed by atoms with Crippen LogP contribution in [0.5, 0.6) is 0 Å². The molecule has 0 spiro atoms. The molecule has 0 aliphatic heterocycles. The Hall–Kier alpha value is -3.18. The second kappa shape index (κ2) is 77.8. The molecule has 550 valence electrons. The van der Waals surface area contributed by atoms with Crippen LogP contribution in [-0.2, 0) is 57.2 Å². The molecule has 12 heteroatoms. The van der Waals surface area contributed by atoms with E-state index in [0.717, 1.165) is 116 Å². The van der Waals surface area contributed by atoms with E-state index in [1.54, 1.807) is 0 Å². The standard InChI is InChI=1S/C42H80O6.C39H74O6/c1-4-7-10-13-16-19-22-25-28-31-34-40(43)46-37-39(48-42(45)36-33-30-27-24-21-18-15-12-9-6-3)38-47-41(44)35-32-29-26-23-20-17-14-11-8-5-2;1-4-7-10-13-16-19-22-25-28-31-37(40)43-34-36(45-39(42)33-30-27-24-21-18-15-12-9-6-3)35-44-38(41)32-29-26-23-20-17-14-11-8-5-2/h39H,4-38H2,1-3H3;36H,4-35H2,1-3H3. The quantitative estimate of drug-likeness (QED) is 0.0323. The van der Waals surface area contributed by atoms with E-state index in [0.29, 0.717) is 38.5 Å². The molecule has 0 aromatic heterocycles. The van der Waals surface area contributed by atoms with Gasteiger partial charge in [0.1, 0.15) is 26.4 Å². The number of hydrogen-bond donors (Lipinski definition) is 0. The zero-order valence-corrected chi connectivity index (χ0v) is 62.4. The molecule has 93 heavy (non-hydrogen) atoms. The Labute approximate surface area is 575 Å². The molecule has 0 amide bonds. The molecule has 0 N–H and O–H groups in total. The fourth-order valence-electron chi connectivity index (χ4n) is 11.8. The summed E-state index contributed by atoms with van der Waals surface area (Å²) in [6.07, 6.45) is 68.8. The summed E-state index contributed by atoms with van der Waals surface area (Å²) >= 11 is 0. The van der Waals surface area contributed by atoms with Crippen LogP contribution < -0.4 is 0 Å². The lowest BCUT2D eigenvalue weighted by atomic mass is 10.1. The number of carbonyl (C=O) groups is 6. The lowest BCUT2D eigenvalue weighted by Gasteiger charge is -2.18. The third-order valence-corrected chi connectivity index (χ3v) is 18.0. The van der Waals surface area contributed by atoms with E-state index in [4.69, 9.17) is 28.4 Å². The monoisotopic (exact) mass is 1320 g/mol. The molecule has 0 saturated heterocycles. The van der Waals surface area contributed by atoms with Gasteiger partial charge in [0.2, 0.25) is 0 Å². The van der Waals surface area contributed by atoms with Crippen LogP contribution in [0.1, 0.15) is 446 Å². The van der Waals surface area contributed by atoms with E-state index in [1.807, 2.05) is 0 Å². The predicted octanol–water partition coefficient (Wildman–Crippen LogP) is 24.7. The molecule has 0 aromatic carbocycles. The van der Waals surface area contributed by atoms with Gasteiger partial charge in [-0.2, -0.15) is 0 Å². The van der Waals surface area contributed by atoms with Crippen molar-refractivity contribution in [3.63, 3.8) is 0 Å². The fourth-order valence-corrected chi connectivity index (χ4v) is 11.8. The molecule has 0 radical (unpaired) electrons. The maximum absolute atomic E-state index is 12.6. The van der Waals surface area contributed by atoms with Gasteiger partial charge in [-0.05, 0) is 38.5 Å². The van der Waals surface area contributed by atoms with Crippen molar-refractivity contribution in [2.45, 2.75) is 458 Å². The minimum atomic E-state index is -0.756. The largest absolute Gasteiger partial charge is 0.462 e. The van der Waals surface area contributed by atoms with Gasteiger partial charge in [0.25, 0.3) is 0 Å². The van der Waals surface area contributed by atoms with Crippen molar-refractivity contribution >= 4 is 35.8 Å². The van der Waals surface area contributed by atoms with Gasteiger partial charge in [-0.15, -0.1) is 0 Å². The normalized spacial score (nSPS) is 11.2. The van der Waals surface area contributed by atoms with Gasteiger partial charge in [-0.3, -0.25) is 28.8 Å². The van der Waals surface area contributed by atoms with E-state index in [-0.39, 0.29) is 62.2 Å². The van der Waals surface area contributed by atoms with Crippen molar-refractivity contribution < 1.29 is 57.2 Å². The Kier molecular flexibility index (Phi) is 76.9. The number of hydrogen-bond acceptors (Lipinski definition) is 12. The Morgan fingerprint density at radius 1 is 0.172 bits per heavy atom. The Morgan fingerprint density at radius 3 is 0.430 bits per heavy atom. The van der Waals surface area contributed by atoms with Gasteiger partial charge in [0, 0.05) is 38.5 Å². The molecule has 0 aliphatic rings. The van der Waals surface area contributed by atoms with E-state index in [9.17, 15) is 28.8 Å². The molecule has 0 saturated carbocycles. The molecule has 12 nitrogen and oxygen atoms in total. The van der Waals surface area contributed by atoms with Crippen molar-refractivity contribution in [3.05, 3.63) is 0 Å². The molecule has 0 bridgehead atoms. The number of esters is 6. The Balaban J connectivity index is 0. The smallest absolute Gasteiger partial charge is 0.306 e. The van der Waals surface area contributed by atoms with E-state index in [2.05, 4.69) is 41.5 Å². The minimum absolute atomic E-state index is 0.0636. The van der Waals surface area contributed by atoms with Crippen molar-refractivity contribution in [2.75, 3.05) is 26.4 Å². The number of carbonyl (C=O) groups excluding carboxylic acids is 6. The molecular formula is C81H154O12. The van der Waals surface area contributed by atoms with Gasteiger partial charge in [0.05, 0.1) is 0 Å². The summed E-state index contributed by atoms with van der Waals surface area (Å²) in [6.45, 7) is 13.2. The first-order valence-electron chi connectivity index (χ1n) is 40.6. The van der Waals surface area contributed by atoms with Crippen LogP contribution in [0, 0.1) is 0 Å². The zero-order valence-electron chi connectivity index (χ0n) is 62.4. The topological polar surface area (TPSA) is 158 Å². The summed E-state index contributed by atoms with van der Waals surface area (Å²) in [6, 6.07) is 0. The van der Waals surface area contributed by atoms with Gasteiger partial charge in [-0.1, -0.05) is 369 Å². The van der Waals surface area contributed by atoms with Crippen LogP contribution in [0.2, 0.25) is 0 Å². The van der Waals surface area contributed by atoms with Gasteiger partial charge < -0.3 is 28.4 Å². The summed E-state index contributed by atoms with van der Waals surface area (Å²) in [5.41, 5.74) is 0. The maximum atomic E-state index is 12.6. The Bertz CT molecular complexity index is 1520. The number of rotatable bonds is 73. The summed E-state index contributed by atoms with van der Waals surface area (Å²) in [5.74, 6) is -1.73.